The zero-order chi connectivity index (χ0) is 24.1. The number of hydrogen-bond acceptors (Lipinski definition) is 4. The van der Waals surface area contributed by atoms with Gasteiger partial charge in [-0.25, -0.2) is 0 Å². The fourth-order valence-corrected chi connectivity index (χ4v) is 6.27. The van der Waals surface area contributed by atoms with E-state index in [-0.39, 0.29) is 0 Å². The fraction of sp³-hybridized carbons (Fsp3) is 0.387. The Morgan fingerprint density at radius 2 is 1.69 bits per heavy atom. The molecule has 0 unspecified atom stereocenters. The quantitative estimate of drug-likeness (QED) is 0.398. The van der Waals surface area contributed by atoms with Crippen LogP contribution in [0.2, 0.25) is 0 Å². The Balaban J connectivity index is 1.05. The Hall–Kier alpha value is -3.15. The molecule has 0 atom stereocenters. The van der Waals surface area contributed by atoms with Gasteiger partial charge in [0.15, 0.2) is 0 Å². The Bertz CT molecular complexity index is 1430. The van der Waals surface area contributed by atoms with E-state index >= 15 is 0 Å². The average Bonchev–Trinajstić information content (AvgIpc) is 3.27. The highest BCUT2D eigenvalue weighted by atomic mass is 16.3. The Morgan fingerprint density at radius 1 is 0.861 bits per heavy atom. The number of para-hydroxylation sites is 2. The highest BCUT2D eigenvalue weighted by Crippen LogP contribution is 2.36. The molecule has 3 aliphatic rings. The molecule has 2 fully saturated rings. The van der Waals surface area contributed by atoms with Crippen molar-refractivity contribution in [2.75, 3.05) is 39.3 Å². The van der Waals surface area contributed by atoms with Gasteiger partial charge in [-0.3, -0.25) is 14.6 Å². The van der Waals surface area contributed by atoms with E-state index in [0.717, 1.165) is 73.8 Å². The highest BCUT2D eigenvalue weighted by molar-refractivity contribution is 6.09. The van der Waals surface area contributed by atoms with Crippen molar-refractivity contribution >= 4 is 27.8 Å². The number of benzene rings is 3. The van der Waals surface area contributed by atoms with Crippen LogP contribution in [-0.4, -0.2) is 65.9 Å². The van der Waals surface area contributed by atoms with Gasteiger partial charge in [-0.15, -0.1) is 0 Å². The number of carbonyl (C=O) groups is 1. The van der Waals surface area contributed by atoms with Gasteiger partial charge in [0.25, 0.3) is 0 Å². The second kappa shape index (κ2) is 9.06. The van der Waals surface area contributed by atoms with Gasteiger partial charge in [0, 0.05) is 61.6 Å². The number of carbonyl (C=O) groups excluding carboxylic acids is 1. The van der Waals surface area contributed by atoms with Crippen molar-refractivity contribution in [3.8, 4) is 11.1 Å². The third kappa shape index (κ3) is 3.91. The van der Waals surface area contributed by atoms with Crippen molar-refractivity contribution in [1.82, 2.24) is 14.7 Å². The summed E-state index contributed by atoms with van der Waals surface area (Å²) in [5, 5.41) is 2.33. The predicted molar refractivity (Wildman–Crippen MR) is 144 cm³/mol. The third-order valence-corrected chi connectivity index (χ3v) is 8.63. The van der Waals surface area contributed by atoms with Crippen LogP contribution < -0.4 is 0 Å². The van der Waals surface area contributed by atoms with E-state index in [2.05, 4.69) is 63.2 Å². The van der Waals surface area contributed by atoms with Crippen molar-refractivity contribution < 1.29 is 9.21 Å². The normalized spacial score (nSPS) is 19.5. The number of rotatable bonds is 4. The smallest absolute Gasteiger partial charge is 0.236 e. The van der Waals surface area contributed by atoms with Crippen LogP contribution in [0, 0.1) is 0 Å². The Morgan fingerprint density at radius 3 is 2.53 bits per heavy atom. The second-order valence-corrected chi connectivity index (χ2v) is 10.7. The van der Waals surface area contributed by atoms with Gasteiger partial charge >= 0.3 is 0 Å². The van der Waals surface area contributed by atoms with Crippen LogP contribution in [0.3, 0.4) is 0 Å². The van der Waals surface area contributed by atoms with E-state index in [4.69, 9.17) is 4.42 Å². The van der Waals surface area contributed by atoms with Crippen LogP contribution in [0.1, 0.15) is 30.4 Å². The van der Waals surface area contributed by atoms with E-state index in [1.54, 1.807) is 0 Å². The first-order valence-electron chi connectivity index (χ1n) is 13.5. The van der Waals surface area contributed by atoms with Crippen LogP contribution >= 0.6 is 0 Å². The number of amides is 1. The van der Waals surface area contributed by atoms with Crippen molar-refractivity contribution in [2.24, 2.45) is 0 Å². The lowest BCUT2D eigenvalue weighted by Crippen LogP contribution is -2.55. The van der Waals surface area contributed by atoms with Gasteiger partial charge in [-0.05, 0) is 42.0 Å². The zero-order valence-electron chi connectivity index (χ0n) is 20.8. The summed E-state index contributed by atoms with van der Waals surface area (Å²) in [6.07, 6.45) is 5.03. The molecule has 0 bridgehead atoms. The van der Waals surface area contributed by atoms with E-state index in [1.165, 1.54) is 41.3 Å². The maximum Gasteiger partial charge on any atom is 0.236 e. The van der Waals surface area contributed by atoms with Gasteiger partial charge in [0.2, 0.25) is 5.91 Å². The van der Waals surface area contributed by atoms with E-state index < -0.39 is 0 Å². The summed E-state index contributed by atoms with van der Waals surface area (Å²) >= 11 is 0. The summed E-state index contributed by atoms with van der Waals surface area (Å²) in [5.74, 6) is 0.292. The average molecular weight is 480 g/mol. The van der Waals surface area contributed by atoms with Gasteiger partial charge < -0.3 is 9.32 Å². The molecule has 1 amide bonds. The minimum Gasteiger partial charge on any atom is -0.455 e. The summed E-state index contributed by atoms with van der Waals surface area (Å²) in [7, 11) is 0. The molecule has 1 aromatic heterocycles. The summed E-state index contributed by atoms with van der Waals surface area (Å²) in [4.78, 5) is 20.0. The first-order valence-corrected chi connectivity index (χ1v) is 13.5. The fourth-order valence-electron chi connectivity index (χ4n) is 6.27. The van der Waals surface area contributed by atoms with Gasteiger partial charge in [0.1, 0.15) is 11.2 Å². The SMILES string of the molecule is O=C(CN1CCc2cc(-c3cccc4c3oc3ccccc34)ccc2C1)N1CCN(C2CCC2)CC1. The highest BCUT2D eigenvalue weighted by Gasteiger charge is 2.30. The minimum atomic E-state index is 0.292. The lowest BCUT2D eigenvalue weighted by molar-refractivity contribution is -0.135. The van der Waals surface area contributed by atoms with E-state index in [1.807, 2.05) is 12.1 Å². The lowest BCUT2D eigenvalue weighted by atomic mass is 9.91. The van der Waals surface area contributed by atoms with Crippen LogP contribution in [-0.2, 0) is 17.8 Å². The molecule has 0 radical (unpaired) electrons. The van der Waals surface area contributed by atoms with Crippen molar-refractivity contribution in [3.05, 3.63) is 71.8 Å². The molecular weight excluding hydrogens is 446 g/mol. The number of nitrogens with zero attached hydrogens (tertiary/aromatic N) is 3. The van der Waals surface area contributed by atoms with Crippen molar-refractivity contribution in [2.45, 2.75) is 38.3 Å². The molecule has 36 heavy (non-hydrogen) atoms. The Labute approximate surface area is 212 Å². The summed E-state index contributed by atoms with van der Waals surface area (Å²) in [6, 6.07) is 22.3. The molecule has 5 heteroatoms. The zero-order valence-corrected chi connectivity index (χ0v) is 20.8. The molecular formula is C31H33N3O2. The number of hydrogen-bond donors (Lipinski definition) is 0. The largest absolute Gasteiger partial charge is 0.455 e. The van der Waals surface area contributed by atoms with Gasteiger partial charge in [-0.2, -0.15) is 0 Å². The van der Waals surface area contributed by atoms with Crippen LogP contribution in [0.5, 0.6) is 0 Å². The maximum absolute atomic E-state index is 13.0. The third-order valence-electron chi connectivity index (χ3n) is 8.63. The number of fused-ring (bicyclic) bond motifs is 4. The summed E-state index contributed by atoms with van der Waals surface area (Å²) in [5.41, 5.74) is 6.96. The molecule has 1 aliphatic carbocycles. The molecule has 1 saturated heterocycles. The molecule has 0 spiro atoms. The van der Waals surface area contributed by atoms with Crippen molar-refractivity contribution in [3.63, 3.8) is 0 Å². The minimum absolute atomic E-state index is 0.292. The molecule has 1 saturated carbocycles. The van der Waals surface area contributed by atoms with E-state index in [9.17, 15) is 4.79 Å². The molecule has 3 aromatic carbocycles. The number of furan rings is 1. The van der Waals surface area contributed by atoms with Gasteiger partial charge in [0.05, 0.1) is 6.54 Å². The van der Waals surface area contributed by atoms with E-state index in [0.29, 0.717) is 12.5 Å². The standard InChI is InChI=1S/C31H33N3O2/c35-30(34-17-15-33(16-18-34)25-5-3-6-25)21-32-14-13-22-19-23(11-12-24(22)20-32)26-8-4-9-28-27-7-1-2-10-29(27)36-31(26)28/h1-2,4,7-12,19,25H,3,5-6,13-18,20-21H2. The molecule has 5 nitrogen and oxygen atoms in total. The summed E-state index contributed by atoms with van der Waals surface area (Å²) < 4.78 is 6.28. The maximum atomic E-state index is 13.0. The molecule has 4 aromatic rings. The molecule has 3 heterocycles. The van der Waals surface area contributed by atoms with Crippen LogP contribution in [0.15, 0.2) is 65.1 Å². The first-order chi connectivity index (χ1) is 17.7. The molecule has 2 aliphatic heterocycles. The second-order valence-electron chi connectivity index (χ2n) is 10.7. The summed E-state index contributed by atoms with van der Waals surface area (Å²) in [6.45, 7) is 6.16. The monoisotopic (exact) mass is 479 g/mol. The Kier molecular flexibility index (Phi) is 5.55. The number of piperazine rings is 1. The van der Waals surface area contributed by atoms with Crippen LogP contribution in [0.25, 0.3) is 33.1 Å². The molecule has 184 valence electrons. The molecule has 7 rings (SSSR count). The lowest BCUT2D eigenvalue weighted by Gasteiger charge is -2.43. The topological polar surface area (TPSA) is 39.9 Å². The van der Waals surface area contributed by atoms with Gasteiger partial charge in [-0.1, -0.05) is 61.0 Å². The van der Waals surface area contributed by atoms with Crippen LogP contribution in [0.4, 0.5) is 0 Å². The van der Waals surface area contributed by atoms with Crippen molar-refractivity contribution in [1.29, 1.82) is 0 Å². The first kappa shape index (κ1) is 22.1. The molecule has 0 N–H and O–H groups in total. The predicted octanol–water partition coefficient (Wildman–Crippen LogP) is 5.31.